The van der Waals surface area contributed by atoms with Gasteiger partial charge in [0, 0.05) is 31.2 Å². The Kier molecular flexibility index (Phi) is 5.25. The highest BCUT2D eigenvalue weighted by Gasteiger charge is 2.42. The molecule has 5 rings (SSSR count). The third-order valence-electron chi connectivity index (χ3n) is 5.85. The SMILES string of the molecule is O=C1c2oc3ccc(F)cc3c(=O)c2C(c2cccc(Cl)c2)N1CCN1CCOCC1. The van der Waals surface area contributed by atoms with Gasteiger partial charge in [0.15, 0.2) is 5.43 Å². The first kappa shape index (κ1) is 20.2. The van der Waals surface area contributed by atoms with Gasteiger partial charge in [-0.15, -0.1) is 0 Å². The molecule has 2 aliphatic rings. The minimum Gasteiger partial charge on any atom is -0.450 e. The molecule has 1 atom stereocenters. The van der Waals surface area contributed by atoms with Crippen LogP contribution < -0.4 is 5.43 Å². The van der Waals surface area contributed by atoms with Crippen molar-refractivity contribution in [2.45, 2.75) is 6.04 Å². The predicted octanol–water partition coefficient (Wildman–Crippen LogP) is 3.46. The monoisotopic (exact) mass is 442 g/mol. The fraction of sp³-hybridized carbons (Fsp3) is 0.304. The van der Waals surface area contributed by atoms with E-state index in [1.165, 1.54) is 12.1 Å². The molecule has 0 radical (unpaired) electrons. The number of halogens is 2. The number of hydrogen-bond acceptors (Lipinski definition) is 5. The minimum absolute atomic E-state index is 0.0102. The number of hydrogen-bond donors (Lipinski definition) is 0. The lowest BCUT2D eigenvalue weighted by atomic mass is 9.98. The lowest BCUT2D eigenvalue weighted by Gasteiger charge is -2.31. The number of amides is 1. The molecule has 31 heavy (non-hydrogen) atoms. The van der Waals surface area contributed by atoms with Crippen LogP contribution in [0, 0.1) is 5.82 Å². The van der Waals surface area contributed by atoms with Crippen molar-refractivity contribution in [1.29, 1.82) is 0 Å². The Labute approximate surface area is 182 Å². The fourth-order valence-corrected chi connectivity index (χ4v) is 4.52. The van der Waals surface area contributed by atoms with Crippen LogP contribution in [0.2, 0.25) is 5.02 Å². The van der Waals surface area contributed by atoms with E-state index in [9.17, 15) is 14.0 Å². The summed E-state index contributed by atoms with van der Waals surface area (Å²) in [5.74, 6) is -0.875. The van der Waals surface area contributed by atoms with Crippen LogP contribution in [0.1, 0.15) is 27.7 Å². The van der Waals surface area contributed by atoms with Gasteiger partial charge in [-0.05, 0) is 35.9 Å². The summed E-state index contributed by atoms with van der Waals surface area (Å²) in [5.41, 5.74) is 0.735. The molecule has 0 aliphatic carbocycles. The third-order valence-corrected chi connectivity index (χ3v) is 6.09. The molecule has 1 amide bonds. The van der Waals surface area contributed by atoms with E-state index in [1.807, 2.05) is 6.07 Å². The molecule has 1 aromatic heterocycles. The maximum absolute atomic E-state index is 13.8. The van der Waals surface area contributed by atoms with Crippen LogP contribution in [0.4, 0.5) is 4.39 Å². The molecule has 3 heterocycles. The minimum atomic E-state index is -0.647. The Morgan fingerprint density at radius 1 is 1.06 bits per heavy atom. The molecule has 0 N–H and O–H groups in total. The van der Waals surface area contributed by atoms with Crippen LogP contribution in [-0.2, 0) is 4.74 Å². The summed E-state index contributed by atoms with van der Waals surface area (Å²) in [6, 6.07) is 10.2. The first-order valence-electron chi connectivity index (χ1n) is 10.2. The first-order chi connectivity index (χ1) is 15.0. The summed E-state index contributed by atoms with van der Waals surface area (Å²) < 4.78 is 25.1. The van der Waals surface area contributed by atoms with Gasteiger partial charge in [-0.25, -0.2) is 4.39 Å². The second kappa shape index (κ2) is 8.07. The normalized spacial score (nSPS) is 19.2. The van der Waals surface area contributed by atoms with Crippen molar-refractivity contribution in [3.8, 4) is 0 Å². The Morgan fingerprint density at radius 2 is 1.87 bits per heavy atom. The van der Waals surface area contributed by atoms with Crippen LogP contribution >= 0.6 is 11.6 Å². The number of benzene rings is 2. The molecule has 3 aromatic rings. The fourth-order valence-electron chi connectivity index (χ4n) is 4.32. The summed E-state index contributed by atoms with van der Waals surface area (Å²) in [4.78, 5) is 30.6. The highest BCUT2D eigenvalue weighted by atomic mass is 35.5. The lowest BCUT2D eigenvalue weighted by Crippen LogP contribution is -2.42. The zero-order chi connectivity index (χ0) is 21.5. The highest BCUT2D eigenvalue weighted by molar-refractivity contribution is 6.30. The van der Waals surface area contributed by atoms with Gasteiger partial charge < -0.3 is 14.1 Å². The van der Waals surface area contributed by atoms with Gasteiger partial charge in [-0.1, -0.05) is 23.7 Å². The van der Waals surface area contributed by atoms with Gasteiger partial charge >= 0.3 is 0 Å². The average Bonchev–Trinajstić information content (AvgIpc) is 3.05. The summed E-state index contributed by atoms with van der Waals surface area (Å²) in [6.07, 6.45) is 0. The largest absolute Gasteiger partial charge is 0.450 e. The predicted molar refractivity (Wildman–Crippen MR) is 114 cm³/mol. The van der Waals surface area contributed by atoms with Crippen LogP contribution in [0.15, 0.2) is 51.7 Å². The quantitative estimate of drug-likeness (QED) is 0.619. The second-order valence-corrected chi connectivity index (χ2v) is 8.16. The van der Waals surface area contributed by atoms with E-state index in [4.69, 9.17) is 20.8 Å². The van der Waals surface area contributed by atoms with Crippen LogP contribution in [0.3, 0.4) is 0 Å². The topological polar surface area (TPSA) is 63.0 Å². The maximum Gasteiger partial charge on any atom is 0.290 e. The van der Waals surface area contributed by atoms with Crippen molar-refractivity contribution < 1.29 is 18.3 Å². The lowest BCUT2D eigenvalue weighted by molar-refractivity contribution is 0.0314. The van der Waals surface area contributed by atoms with Crippen molar-refractivity contribution >= 4 is 28.5 Å². The molecule has 1 saturated heterocycles. The molecule has 6 nitrogen and oxygen atoms in total. The summed E-state index contributed by atoms with van der Waals surface area (Å²) in [7, 11) is 0. The van der Waals surface area contributed by atoms with Gasteiger partial charge in [-0.3, -0.25) is 14.5 Å². The Balaban J connectivity index is 1.61. The van der Waals surface area contributed by atoms with Crippen molar-refractivity contribution in [2.75, 3.05) is 39.4 Å². The molecule has 8 heteroatoms. The third kappa shape index (κ3) is 3.63. The van der Waals surface area contributed by atoms with Gasteiger partial charge in [0.1, 0.15) is 11.4 Å². The number of carbonyl (C=O) groups excluding carboxylic acids is 1. The summed E-state index contributed by atoms with van der Waals surface area (Å²) >= 11 is 6.21. The molecule has 2 aliphatic heterocycles. The molecular formula is C23H20ClFN2O4. The average molecular weight is 443 g/mol. The Bertz CT molecular complexity index is 1220. The van der Waals surface area contributed by atoms with Crippen LogP contribution in [0.25, 0.3) is 11.0 Å². The Morgan fingerprint density at radius 3 is 2.65 bits per heavy atom. The molecule has 1 unspecified atom stereocenters. The van der Waals surface area contributed by atoms with Crippen molar-refractivity contribution in [3.05, 3.63) is 80.4 Å². The Hall–Kier alpha value is -2.74. The number of ether oxygens (including phenoxy) is 1. The first-order valence-corrected chi connectivity index (χ1v) is 10.5. The van der Waals surface area contributed by atoms with E-state index in [2.05, 4.69) is 4.90 Å². The number of fused-ring (bicyclic) bond motifs is 2. The van der Waals surface area contributed by atoms with E-state index in [0.29, 0.717) is 36.9 Å². The standard InChI is InChI=1S/C23H20ClFN2O4/c24-15-3-1-2-14(12-15)20-19-21(28)17-13-16(25)4-5-18(17)31-22(19)23(29)27(20)7-6-26-8-10-30-11-9-26/h1-5,12-13,20H,6-11H2. The number of morpholine rings is 1. The summed E-state index contributed by atoms with van der Waals surface area (Å²) in [6.45, 7) is 3.94. The molecule has 0 saturated carbocycles. The maximum atomic E-state index is 13.8. The summed E-state index contributed by atoms with van der Waals surface area (Å²) in [5, 5.41) is 0.622. The van der Waals surface area contributed by atoms with Crippen molar-refractivity contribution in [3.63, 3.8) is 0 Å². The highest BCUT2D eigenvalue weighted by Crippen LogP contribution is 2.38. The molecule has 2 aromatic carbocycles. The molecule has 1 fully saturated rings. The van der Waals surface area contributed by atoms with E-state index < -0.39 is 17.3 Å². The second-order valence-electron chi connectivity index (χ2n) is 7.72. The van der Waals surface area contributed by atoms with E-state index in [0.717, 1.165) is 19.2 Å². The molecular weight excluding hydrogens is 423 g/mol. The van der Waals surface area contributed by atoms with Crippen molar-refractivity contribution in [2.24, 2.45) is 0 Å². The van der Waals surface area contributed by atoms with Crippen molar-refractivity contribution in [1.82, 2.24) is 9.80 Å². The van der Waals surface area contributed by atoms with E-state index in [1.54, 1.807) is 23.1 Å². The van der Waals surface area contributed by atoms with Gasteiger partial charge in [-0.2, -0.15) is 0 Å². The van der Waals surface area contributed by atoms with Gasteiger partial charge in [0.25, 0.3) is 5.91 Å². The van der Waals surface area contributed by atoms with Crippen LogP contribution in [-0.4, -0.2) is 55.1 Å². The molecule has 160 valence electrons. The smallest absolute Gasteiger partial charge is 0.290 e. The number of carbonyl (C=O) groups is 1. The van der Waals surface area contributed by atoms with Gasteiger partial charge in [0.05, 0.1) is 30.2 Å². The molecule has 0 spiro atoms. The van der Waals surface area contributed by atoms with Crippen LogP contribution in [0.5, 0.6) is 0 Å². The zero-order valence-corrected chi connectivity index (χ0v) is 17.4. The van der Waals surface area contributed by atoms with E-state index >= 15 is 0 Å². The number of nitrogens with zero attached hydrogens (tertiary/aromatic N) is 2. The number of rotatable bonds is 4. The molecule has 0 bridgehead atoms. The van der Waals surface area contributed by atoms with Gasteiger partial charge in [0.2, 0.25) is 5.76 Å². The van der Waals surface area contributed by atoms with E-state index in [-0.39, 0.29) is 28.2 Å². The zero-order valence-electron chi connectivity index (χ0n) is 16.6.